The van der Waals surface area contributed by atoms with E-state index in [1.54, 1.807) is 13.8 Å². The van der Waals surface area contributed by atoms with Crippen LogP contribution in [0.25, 0.3) is 11.1 Å². The molecule has 0 atom stereocenters. The molecule has 0 aliphatic heterocycles. The van der Waals surface area contributed by atoms with Gasteiger partial charge in [-0.2, -0.15) is 13.2 Å². The Hall–Kier alpha value is -3.18. The van der Waals surface area contributed by atoms with Crippen LogP contribution in [0, 0.1) is 18.6 Å². The molecule has 0 saturated carbocycles. The van der Waals surface area contributed by atoms with Crippen LogP contribution in [0.5, 0.6) is 5.75 Å². The number of carbonyl (C=O) groups is 1. The van der Waals surface area contributed by atoms with Crippen molar-refractivity contribution in [2.24, 2.45) is 0 Å². The number of hydrogen-bond donors (Lipinski definition) is 2. The Kier molecular flexibility index (Phi) is 7.39. The Labute approximate surface area is 208 Å². The third-order valence-electron chi connectivity index (χ3n) is 5.42. The van der Waals surface area contributed by atoms with E-state index in [1.165, 1.54) is 13.0 Å². The van der Waals surface area contributed by atoms with Crippen LogP contribution in [0.3, 0.4) is 0 Å². The number of rotatable bonds is 5. The molecule has 0 aromatic heterocycles. The molecule has 3 aromatic rings. The van der Waals surface area contributed by atoms with Gasteiger partial charge in [0.05, 0.1) is 21.2 Å². The normalized spacial score (nSPS) is 12.2. The highest BCUT2D eigenvalue weighted by Crippen LogP contribution is 2.39. The molecule has 0 fully saturated rings. The molecule has 0 radical (unpaired) electrons. The fourth-order valence-electron chi connectivity index (χ4n) is 3.60. The van der Waals surface area contributed by atoms with Gasteiger partial charge in [0.1, 0.15) is 17.4 Å². The molecule has 1 amide bonds. The van der Waals surface area contributed by atoms with Crippen LogP contribution < -0.4 is 5.32 Å². The van der Waals surface area contributed by atoms with Crippen molar-refractivity contribution in [1.29, 1.82) is 0 Å². The summed E-state index contributed by atoms with van der Waals surface area (Å²) in [7, 11) is -5.67. The maximum Gasteiger partial charge on any atom is 0.501 e. The smallest absolute Gasteiger partial charge is 0.501 e. The average Bonchev–Trinajstić information content (AvgIpc) is 2.73. The van der Waals surface area contributed by atoms with E-state index in [2.05, 4.69) is 5.32 Å². The van der Waals surface area contributed by atoms with Crippen LogP contribution in [0.15, 0.2) is 47.4 Å². The largest absolute Gasteiger partial charge is 0.507 e. The lowest BCUT2D eigenvalue weighted by Crippen LogP contribution is -2.23. The van der Waals surface area contributed by atoms with Gasteiger partial charge in [-0.05, 0) is 71.5 Å². The van der Waals surface area contributed by atoms with Crippen LogP contribution >= 0.6 is 11.6 Å². The molecule has 0 aliphatic carbocycles. The minimum atomic E-state index is -5.67. The minimum Gasteiger partial charge on any atom is -0.507 e. The molecule has 0 aliphatic rings. The molecule has 0 unspecified atom stereocenters. The van der Waals surface area contributed by atoms with Crippen molar-refractivity contribution in [2.75, 3.05) is 5.32 Å². The first kappa shape index (κ1) is 27.4. The first-order valence-electron chi connectivity index (χ1n) is 10.3. The van der Waals surface area contributed by atoms with Crippen molar-refractivity contribution in [3.05, 3.63) is 75.8 Å². The zero-order chi connectivity index (χ0) is 27.2. The van der Waals surface area contributed by atoms with Crippen LogP contribution in [0.1, 0.15) is 41.3 Å². The number of sulfone groups is 1. The summed E-state index contributed by atoms with van der Waals surface area (Å²) in [5, 5.41) is 12.7. The summed E-state index contributed by atoms with van der Waals surface area (Å²) in [5.41, 5.74) is -5.21. The zero-order valence-electron chi connectivity index (χ0n) is 19.0. The number of anilines is 1. The maximum atomic E-state index is 13.9. The fourth-order valence-corrected chi connectivity index (χ4v) is 4.68. The number of carbonyl (C=O) groups excluding carboxylic acids is 1. The van der Waals surface area contributed by atoms with E-state index in [0.717, 1.165) is 18.2 Å². The quantitative estimate of drug-likeness (QED) is 0.338. The van der Waals surface area contributed by atoms with Crippen molar-refractivity contribution in [3.8, 4) is 16.9 Å². The highest BCUT2D eigenvalue weighted by atomic mass is 35.5. The van der Waals surface area contributed by atoms with Crippen molar-refractivity contribution in [2.45, 2.75) is 37.1 Å². The van der Waals surface area contributed by atoms with E-state index in [-0.39, 0.29) is 33.9 Å². The Morgan fingerprint density at radius 1 is 1.03 bits per heavy atom. The van der Waals surface area contributed by atoms with Crippen molar-refractivity contribution in [3.63, 3.8) is 0 Å². The number of hydrogen-bond acceptors (Lipinski definition) is 4. The standard InChI is InChI=1S/C24H19ClF5NO4S/c1-11(2)17-10-18(13-6-14(26)8-15(27)7-13)12(3)21(22(17)32)23(33)31-20-5-4-16(9-19(20)25)36(34,35)24(28,29)30/h4-11,32H,1-3H3,(H,31,33). The highest BCUT2D eigenvalue weighted by Gasteiger charge is 2.47. The predicted octanol–water partition coefficient (Wildman–Crippen LogP) is 6.97. The van der Waals surface area contributed by atoms with Gasteiger partial charge in [0.2, 0.25) is 0 Å². The van der Waals surface area contributed by atoms with Crippen LogP contribution in [0.4, 0.5) is 27.6 Å². The zero-order valence-corrected chi connectivity index (χ0v) is 20.5. The average molecular weight is 548 g/mol. The van der Waals surface area contributed by atoms with Crippen molar-refractivity contribution in [1.82, 2.24) is 0 Å². The second-order valence-electron chi connectivity index (χ2n) is 8.22. The summed E-state index contributed by atoms with van der Waals surface area (Å²) in [6, 6.07) is 6.35. The molecule has 3 rings (SSSR count). The van der Waals surface area contributed by atoms with Crippen LogP contribution in [-0.4, -0.2) is 24.9 Å². The first-order valence-corrected chi connectivity index (χ1v) is 12.2. The van der Waals surface area contributed by atoms with E-state index < -0.39 is 48.6 Å². The Morgan fingerprint density at radius 3 is 2.11 bits per heavy atom. The summed E-state index contributed by atoms with van der Waals surface area (Å²) in [5.74, 6) is -3.36. The van der Waals surface area contributed by atoms with E-state index in [9.17, 15) is 40.3 Å². The number of benzene rings is 3. The lowest BCUT2D eigenvalue weighted by molar-refractivity contribution is -0.0436. The monoisotopic (exact) mass is 547 g/mol. The summed E-state index contributed by atoms with van der Waals surface area (Å²) in [6.07, 6.45) is 0. The molecule has 5 nitrogen and oxygen atoms in total. The second kappa shape index (κ2) is 9.70. The van der Waals surface area contributed by atoms with E-state index in [1.807, 2.05) is 0 Å². The van der Waals surface area contributed by atoms with Crippen LogP contribution in [-0.2, 0) is 9.84 Å². The third-order valence-corrected chi connectivity index (χ3v) is 7.21. The fraction of sp³-hybridized carbons (Fsp3) is 0.208. The molecular weight excluding hydrogens is 529 g/mol. The molecule has 0 bridgehead atoms. The molecule has 0 saturated heterocycles. The number of phenols is 1. The molecule has 0 heterocycles. The summed E-state index contributed by atoms with van der Waals surface area (Å²) in [6.45, 7) is 4.88. The summed E-state index contributed by atoms with van der Waals surface area (Å²) in [4.78, 5) is 12.0. The van der Waals surface area contributed by atoms with E-state index >= 15 is 0 Å². The lowest BCUT2D eigenvalue weighted by atomic mass is 9.88. The third kappa shape index (κ3) is 5.17. The maximum absolute atomic E-state index is 13.9. The van der Waals surface area contributed by atoms with Gasteiger partial charge in [-0.25, -0.2) is 17.2 Å². The van der Waals surface area contributed by atoms with E-state index in [4.69, 9.17) is 11.6 Å². The van der Waals surface area contributed by atoms with Gasteiger partial charge in [-0.1, -0.05) is 25.4 Å². The highest BCUT2D eigenvalue weighted by molar-refractivity contribution is 7.92. The van der Waals surface area contributed by atoms with Gasteiger partial charge < -0.3 is 10.4 Å². The Morgan fingerprint density at radius 2 is 1.61 bits per heavy atom. The predicted molar refractivity (Wildman–Crippen MR) is 125 cm³/mol. The molecule has 36 heavy (non-hydrogen) atoms. The molecule has 3 aromatic carbocycles. The number of amides is 1. The van der Waals surface area contributed by atoms with Gasteiger partial charge in [0.15, 0.2) is 0 Å². The Balaban J connectivity index is 2.11. The molecule has 0 spiro atoms. The molecule has 2 N–H and O–H groups in total. The molecule has 12 heteroatoms. The number of alkyl halides is 3. The number of nitrogens with one attached hydrogen (secondary N) is 1. The van der Waals surface area contributed by atoms with Gasteiger partial charge in [0.25, 0.3) is 15.7 Å². The lowest BCUT2D eigenvalue weighted by Gasteiger charge is -2.19. The summed E-state index contributed by atoms with van der Waals surface area (Å²) >= 11 is 5.95. The summed E-state index contributed by atoms with van der Waals surface area (Å²) < 4.78 is 89.4. The second-order valence-corrected chi connectivity index (χ2v) is 10.6. The molecular formula is C24H19ClF5NO4S. The number of phenolic OH excluding ortho intramolecular Hbond substituents is 1. The van der Waals surface area contributed by atoms with Crippen LogP contribution in [0.2, 0.25) is 5.02 Å². The minimum absolute atomic E-state index is 0.112. The van der Waals surface area contributed by atoms with E-state index in [0.29, 0.717) is 23.8 Å². The Bertz CT molecular complexity index is 1450. The SMILES string of the molecule is Cc1c(-c2cc(F)cc(F)c2)cc(C(C)C)c(O)c1C(=O)Nc1ccc(S(=O)(=O)C(F)(F)F)cc1Cl. The number of aromatic hydroxyl groups is 1. The van der Waals surface area contributed by atoms with Gasteiger partial charge in [-0.15, -0.1) is 0 Å². The van der Waals surface area contributed by atoms with Gasteiger partial charge in [-0.3, -0.25) is 4.79 Å². The first-order chi connectivity index (χ1) is 16.5. The topological polar surface area (TPSA) is 83.5 Å². The van der Waals surface area contributed by atoms with Gasteiger partial charge >= 0.3 is 5.51 Å². The number of halogens is 6. The van der Waals surface area contributed by atoms with Crippen molar-refractivity contribution < 1.29 is 40.3 Å². The van der Waals surface area contributed by atoms with Crippen molar-refractivity contribution >= 4 is 33.0 Å². The molecule has 192 valence electrons. The van der Waals surface area contributed by atoms with Gasteiger partial charge in [0, 0.05) is 6.07 Å².